The molecule has 0 aromatic heterocycles. The van der Waals surface area contributed by atoms with Crippen LogP contribution in [0.3, 0.4) is 0 Å². The summed E-state index contributed by atoms with van der Waals surface area (Å²) in [5.74, 6) is -0.588. The van der Waals surface area contributed by atoms with Crippen LogP contribution >= 0.6 is 0 Å². The number of aliphatic carboxylic acids is 1. The van der Waals surface area contributed by atoms with Gasteiger partial charge in [-0.2, -0.15) is 0 Å². The molecule has 1 heterocycles. The lowest BCUT2D eigenvalue weighted by Crippen LogP contribution is -2.52. The maximum Gasteiger partial charge on any atom is 0.317 e. The monoisotopic (exact) mass is 284 g/mol. The van der Waals surface area contributed by atoms with Gasteiger partial charge in [0.2, 0.25) is 0 Å². The normalized spacial score (nSPS) is 28.1. The molecule has 1 aliphatic heterocycles. The van der Waals surface area contributed by atoms with E-state index in [9.17, 15) is 14.7 Å². The van der Waals surface area contributed by atoms with Crippen LogP contribution in [0.1, 0.15) is 44.9 Å². The number of urea groups is 1. The molecular weight excluding hydrogens is 260 g/mol. The fraction of sp³-hybridized carbons (Fsp3) is 0.857. The second-order valence-electron chi connectivity index (χ2n) is 5.94. The molecule has 20 heavy (non-hydrogen) atoms. The van der Waals surface area contributed by atoms with Crippen molar-refractivity contribution in [1.82, 2.24) is 10.2 Å². The van der Waals surface area contributed by atoms with Gasteiger partial charge in [0, 0.05) is 19.5 Å². The Morgan fingerprint density at radius 3 is 2.35 bits per heavy atom. The number of carbonyl (C=O) groups excluding carboxylic acids is 1. The zero-order valence-electron chi connectivity index (χ0n) is 11.8. The predicted octanol–water partition coefficient (Wildman–Crippen LogP) is 1.19. The fourth-order valence-corrected chi connectivity index (χ4v) is 3.12. The fourth-order valence-electron chi connectivity index (χ4n) is 3.12. The molecule has 114 valence electrons. The van der Waals surface area contributed by atoms with Gasteiger partial charge < -0.3 is 20.4 Å². The summed E-state index contributed by atoms with van der Waals surface area (Å²) in [6, 6.07) is -0.252. The second-order valence-corrected chi connectivity index (χ2v) is 5.94. The lowest BCUT2D eigenvalue weighted by Gasteiger charge is -2.34. The summed E-state index contributed by atoms with van der Waals surface area (Å²) in [4.78, 5) is 24.5. The number of carboxylic acid groups (broad SMARTS) is 1. The van der Waals surface area contributed by atoms with Gasteiger partial charge in [0.05, 0.1) is 12.1 Å². The maximum absolute atomic E-state index is 12.1. The van der Waals surface area contributed by atoms with E-state index in [0.29, 0.717) is 13.1 Å². The Hall–Kier alpha value is -1.30. The molecular formula is C14H24N2O4. The second kappa shape index (κ2) is 6.92. The van der Waals surface area contributed by atoms with Gasteiger partial charge in [-0.15, -0.1) is 0 Å². The van der Waals surface area contributed by atoms with Crippen molar-refractivity contribution in [3.63, 3.8) is 0 Å². The molecule has 0 bridgehead atoms. The zero-order chi connectivity index (χ0) is 14.5. The first kappa shape index (κ1) is 15.1. The molecule has 0 radical (unpaired) electrons. The Morgan fingerprint density at radius 2 is 1.75 bits per heavy atom. The number of nitrogens with zero attached hydrogens (tertiary/aromatic N) is 1. The summed E-state index contributed by atoms with van der Waals surface area (Å²) in [5.41, 5.74) is 0. The molecule has 6 heteroatoms. The summed E-state index contributed by atoms with van der Waals surface area (Å²) in [6.07, 6.45) is 4.90. The van der Waals surface area contributed by atoms with E-state index in [1.54, 1.807) is 4.90 Å². The number of hydrogen-bond donors (Lipinski definition) is 3. The van der Waals surface area contributed by atoms with Crippen LogP contribution in [0.4, 0.5) is 4.79 Å². The summed E-state index contributed by atoms with van der Waals surface area (Å²) in [6.45, 7) is 1.21. The standard InChI is InChI=1S/C14H24N2O4/c17-12-4-2-1-3-11(12)15-14(20)16-7-5-10(6-8-16)9-13(18)19/h10-12,17H,1-9H2,(H,15,20)(H,18,19). The first-order valence-electron chi connectivity index (χ1n) is 7.51. The van der Waals surface area contributed by atoms with E-state index in [4.69, 9.17) is 5.11 Å². The van der Waals surface area contributed by atoms with Gasteiger partial charge in [0.15, 0.2) is 0 Å². The van der Waals surface area contributed by atoms with Crippen molar-refractivity contribution in [2.24, 2.45) is 5.92 Å². The Labute approximate surface area is 119 Å². The van der Waals surface area contributed by atoms with Crippen LogP contribution in [0.25, 0.3) is 0 Å². The number of piperidine rings is 1. The molecule has 3 N–H and O–H groups in total. The first-order chi connectivity index (χ1) is 9.56. The highest BCUT2D eigenvalue weighted by Gasteiger charge is 2.28. The highest BCUT2D eigenvalue weighted by atomic mass is 16.4. The molecule has 0 spiro atoms. The Balaban J connectivity index is 1.75. The number of aliphatic hydroxyl groups excluding tert-OH is 1. The topological polar surface area (TPSA) is 89.9 Å². The molecule has 2 fully saturated rings. The molecule has 6 nitrogen and oxygen atoms in total. The Bertz CT molecular complexity index is 353. The van der Waals surface area contributed by atoms with Crippen LogP contribution in [-0.2, 0) is 4.79 Å². The summed E-state index contributed by atoms with van der Waals surface area (Å²) in [7, 11) is 0. The van der Waals surface area contributed by atoms with Crippen molar-refractivity contribution in [1.29, 1.82) is 0 Å². The van der Waals surface area contributed by atoms with Gasteiger partial charge in [-0.3, -0.25) is 4.79 Å². The molecule has 0 aromatic carbocycles. The van der Waals surface area contributed by atoms with Crippen LogP contribution in [0, 0.1) is 5.92 Å². The van der Waals surface area contributed by atoms with Crippen molar-refractivity contribution in [3.8, 4) is 0 Å². The molecule has 2 unspecified atom stereocenters. The first-order valence-corrected chi connectivity index (χ1v) is 7.51. The smallest absolute Gasteiger partial charge is 0.317 e. The minimum atomic E-state index is -0.766. The summed E-state index contributed by atoms with van der Waals surface area (Å²) in [5, 5.41) is 21.5. The third-order valence-electron chi connectivity index (χ3n) is 4.40. The van der Waals surface area contributed by atoms with E-state index in [0.717, 1.165) is 38.5 Å². The van der Waals surface area contributed by atoms with Crippen molar-refractivity contribution in [2.45, 2.75) is 57.1 Å². The van der Waals surface area contributed by atoms with Gasteiger partial charge in [-0.25, -0.2) is 4.79 Å². The predicted molar refractivity (Wildman–Crippen MR) is 73.3 cm³/mol. The highest BCUT2D eigenvalue weighted by molar-refractivity contribution is 5.74. The third kappa shape index (κ3) is 4.10. The minimum absolute atomic E-state index is 0.121. The largest absolute Gasteiger partial charge is 0.481 e. The van der Waals surface area contributed by atoms with Gasteiger partial charge in [-0.1, -0.05) is 12.8 Å². The average molecular weight is 284 g/mol. The van der Waals surface area contributed by atoms with Crippen molar-refractivity contribution < 1.29 is 19.8 Å². The summed E-state index contributed by atoms with van der Waals surface area (Å²) < 4.78 is 0. The SMILES string of the molecule is O=C(O)CC1CCN(C(=O)NC2CCCCC2O)CC1. The minimum Gasteiger partial charge on any atom is -0.481 e. The quantitative estimate of drug-likeness (QED) is 0.726. The number of hydrogen-bond acceptors (Lipinski definition) is 3. The number of likely N-dealkylation sites (tertiary alicyclic amines) is 1. The van der Waals surface area contributed by atoms with E-state index in [-0.39, 0.29) is 24.4 Å². The van der Waals surface area contributed by atoms with Crippen molar-refractivity contribution >= 4 is 12.0 Å². The number of aliphatic hydroxyl groups is 1. The number of carbonyl (C=O) groups is 2. The van der Waals surface area contributed by atoms with Crippen molar-refractivity contribution in [3.05, 3.63) is 0 Å². The van der Waals surface area contributed by atoms with Crippen LogP contribution in [0.2, 0.25) is 0 Å². The van der Waals surface area contributed by atoms with Crippen LogP contribution in [0.15, 0.2) is 0 Å². The van der Waals surface area contributed by atoms with Gasteiger partial charge >= 0.3 is 12.0 Å². The van der Waals surface area contributed by atoms with E-state index < -0.39 is 12.1 Å². The van der Waals surface area contributed by atoms with E-state index >= 15 is 0 Å². The number of rotatable bonds is 3. The van der Waals surface area contributed by atoms with Gasteiger partial charge in [-0.05, 0) is 31.6 Å². The number of carboxylic acids is 1. The molecule has 2 amide bonds. The average Bonchev–Trinajstić information content (AvgIpc) is 2.41. The lowest BCUT2D eigenvalue weighted by atomic mass is 9.92. The molecule has 1 saturated heterocycles. The van der Waals surface area contributed by atoms with E-state index in [1.807, 2.05) is 0 Å². The van der Waals surface area contributed by atoms with E-state index in [1.165, 1.54) is 0 Å². The Kier molecular flexibility index (Phi) is 5.23. The van der Waals surface area contributed by atoms with Gasteiger partial charge in [0.1, 0.15) is 0 Å². The Morgan fingerprint density at radius 1 is 1.10 bits per heavy atom. The van der Waals surface area contributed by atoms with Crippen LogP contribution in [0.5, 0.6) is 0 Å². The summed E-state index contributed by atoms with van der Waals surface area (Å²) >= 11 is 0. The molecule has 2 atom stereocenters. The van der Waals surface area contributed by atoms with Gasteiger partial charge in [0.25, 0.3) is 0 Å². The highest BCUT2D eigenvalue weighted by Crippen LogP contribution is 2.22. The molecule has 2 aliphatic rings. The van der Waals surface area contributed by atoms with Crippen LogP contribution in [-0.4, -0.2) is 52.3 Å². The molecule has 0 aromatic rings. The lowest BCUT2D eigenvalue weighted by molar-refractivity contribution is -0.138. The van der Waals surface area contributed by atoms with E-state index in [2.05, 4.69) is 5.32 Å². The van der Waals surface area contributed by atoms with Crippen LogP contribution < -0.4 is 5.32 Å². The molecule has 1 saturated carbocycles. The number of amides is 2. The molecule has 1 aliphatic carbocycles. The third-order valence-corrected chi connectivity index (χ3v) is 4.40. The van der Waals surface area contributed by atoms with Crippen molar-refractivity contribution in [2.75, 3.05) is 13.1 Å². The maximum atomic E-state index is 12.1. The zero-order valence-corrected chi connectivity index (χ0v) is 11.8. The number of nitrogens with one attached hydrogen (secondary N) is 1. The molecule has 2 rings (SSSR count).